The van der Waals surface area contributed by atoms with Crippen molar-refractivity contribution >= 4 is 0 Å². The zero-order chi connectivity index (χ0) is 5.98. The first-order valence-electron chi connectivity index (χ1n) is 2.45. The summed E-state index contributed by atoms with van der Waals surface area (Å²) in [4.78, 5) is 1.89. The lowest BCUT2D eigenvalue weighted by Crippen LogP contribution is -2.17. The monoisotopic (exact) mass is 113 g/mol. The zero-order valence-electron chi connectivity index (χ0n) is 5.06. The Morgan fingerprint density at radius 1 is 1.88 bits per heavy atom. The van der Waals surface area contributed by atoms with Gasteiger partial charge in [-0.05, 0) is 0 Å². The molecule has 0 aromatic carbocycles. The highest BCUT2D eigenvalue weighted by Crippen LogP contribution is 1.97. The molecule has 0 bridgehead atoms. The van der Waals surface area contributed by atoms with Crippen molar-refractivity contribution < 1.29 is 4.74 Å². The average Bonchev–Trinajstić information content (AvgIpc) is 2.14. The van der Waals surface area contributed by atoms with Crippen LogP contribution < -0.4 is 5.32 Å². The average molecular weight is 113 g/mol. The molecule has 0 spiro atoms. The Balaban J connectivity index is 2.44. The van der Waals surface area contributed by atoms with E-state index in [1.54, 1.807) is 7.11 Å². The van der Waals surface area contributed by atoms with Crippen molar-refractivity contribution in [2.45, 2.75) is 0 Å². The van der Waals surface area contributed by atoms with Gasteiger partial charge in [0.15, 0.2) is 0 Å². The third-order valence-corrected chi connectivity index (χ3v) is 0.973. The van der Waals surface area contributed by atoms with Crippen molar-refractivity contribution in [1.82, 2.24) is 10.2 Å². The lowest BCUT2D eigenvalue weighted by molar-refractivity contribution is 0.268. The Labute approximate surface area is 48.9 Å². The molecule has 0 aromatic rings. The topological polar surface area (TPSA) is 24.5 Å². The summed E-state index contributed by atoms with van der Waals surface area (Å²) >= 11 is 0. The van der Waals surface area contributed by atoms with Gasteiger partial charge in [-0.15, -0.1) is 0 Å². The molecule has 0 atom stereocenters. The summed E-state index contributed by atoms with van der Waals surface area (Å²) in [5, 5.41) is 2.97. The van der Waals surface area contributed by atoms with Crippen LogP contribution in [0.2, 0.25) is 0 Å². The first-order chi connectivity index (χ1) is 3.83. The van der Waals surface area contributed by atoms with Gasteiger partial charge in [-0.25, -0.2) is 0 Å². The summed E-state index contributed by atoms with van der Waals surface area (Å²) in [6.45, 7) is 0.795. The van der Waals surface area contributed by atoms with E-state index in [-0.39, 0.29) is 0 Å². The van der Waals surface area contributed by atoms with Crippen LogP contribution in [-0.2, 0) is 4.74 Å². The van der Waals surface area contributed by atoms with E-state index in [1.807, 2.05) is 11.9 Å². The van der Waals surface area contributed by atoms with Crippen LogP contribution in [0.1, 0.15) is 0 Å². The first kappa shape index (κ1) is 5.28. The lowest BCUT2D eigenvalue weighted by Gasteiger charge is -2.01. The van der Waals surface area contributed by atoms with Crippen LogP contribution in [0.4, 0.5) is 0 Å². The van der Waals surface area contributed by atoms with E-state index in [4.69, 9.17) is 4.74 Å². The quantitative estimate of drug-likeness (QED) is 0.506. The van der Waals surface area contributed by atoms with Crippen LogP contribution in [0.5, 0.6) is 0 Å². The van der Waals surface area contributed by atoms with Crippen molar-refractivity contribution in [2.24, 2.45) is 0 Å². The molecule has 0 aliphatic carbocycles. The van der Waals surface area contributed by atoms with E-state index in [2.05, 4.69) is 11.5 Å². The van der Waals surface area contributed by atoms with Crippen LogP contribution in [0.15, 0.2) is 5.88 Å². The molecule has 3 nitrogen and oxygen atoms in total. The molecule has 0 fully saturated rings. The second kappa shape index (κ2) is 1.94. The van der Waals surface area contributed by atoms with E-state index >= 15 is 0 Å². The summed E-state index contributed by atoms with van der Waals surface area (Å²) in [7, 11) is 3.55. The Hall–Kier alpha value is -0.860. The predicted molar refractivity (Wildman–Crippen MR) is 29.5 cm³/mol. The molecule has 0 aromatic heterocycles. The fourth-order valence-corrected chi connectivity index (χ4v) is 0.561. The summed E-state index contributed by atoms with van der Waals surface area (Å²) in [6.07, 6.45) is 2.92. The summed E-state index contributed by atoms with van der Waals surface area (Å²) in [5.74, 6) is 0.715. The van der Waals surface area contributed by atoms with E-state index in [9.17, 15) is 0 Å². The van der Waals surface area contributed by atoms with Crippen molar-refractivity contribution in [3.8, 4) is 0 Å². The molecule has 8 heavy (non-hydrogen) atoms. The lowest BCUT2D eigenvalue weighted by atomic mass is 10.8. The molecule has 0 unspecified atom stereocenters. The number of hydrogen-bond donors (Lipinski definition) is 1. The Morgan fingerprint density at radius 2 is 2.62 bits per heavy atom. The van der Waals surface area contributed by atoms with Gasteiger partial charge in [-0.1, -0.05) is 0 Å². The summed E-state index contributed by atoms with van der Waals surface area (Å²) in [6, 6.07) is 0. The minimum Gasteiger partial charge on any atom is -0.481 e. The van der Waals surface area contributed by atoms with Crippen LogP contribution in [-0.4, -0.2) is 25.7 Å². The molecular formula is C5H9N2O. The van der Waals surface area contributed by atoms with E-state index in [0.717, 1.165) is 6.67 Å². The molecule has 1 aliphatic rings. The molecule has 0 saturated carbocycles. The summed E-state index contributed by atoms with van der Waals surface area (Å²) < 4.78 is 4.83. The maximum Gasteiger partial charge on any atom is 0.214 e. The van der Waals surface area contributed by atoms with Crippen LogP contribution >= 0.6 is 0 Å². The van der Waals surface area contributed by atoms with Gasteiger partial charge in [0.2, 0.25) is 5.88 Å². The maximum absolute atomic E-state index is 4.83. The van der Waals surface area contributed by atoms with Crippen LogP contribution in [0.3, 0.4) is 0 Å². The standard InChI is InChI=1S/C5H9N2O/c1-7-3-5(8-2)6-4-7/h6H,4H2,1-2H3. The highest BCUT2D eigenvalue weighted by Gasteiger charge is 2.05. The first-order valence-corrected chi connectivity index (χ1v) is 2.45. The second-order valence-electron chi connectivity index (χ2n) is 1.68. The molecule has 45 valence electrons. The number of hydrogen-bond acceptors (Lipinski definition) is 3. The predicted octanol–water partition coefficient (Wildman–Crippen LogP) is -0.273. The van der Waals surface area contributed by atoms with E-state index < -0.39 is 0 Å². The zero-order valence-corrected chi connectivity index (χ0v) is 5.06. The highest BCUT2D eigenvalue weighted by atomic mass is 16.5. The largest absolute Gasteiger partial charge is 0.481 e. The van der Waals surface area contributed by atoms with Gasteiger partial charge >= 0.3 is 0 Å². The van der Waals surface area contributed by atoms with Gasteiger partial charge in [-0.3, -0.25) is 0 Å². The third kappa shape index (κ3) is 0.857. The third-order valence-electron chi connectivity index (χ3n) is 0.973. The molecule has 1 heterocycles. The Bertz CT molecular complexity index is 111. The molecule has 1 radical (unpaired) electrons. The molecule has 3 heteroatoms. The van der Waals surface area contributed by atoms with Crippen LogP contribution in [0, 0.1) is 6.20 Å². The van der Waals surface area contributed by atoms with Gasteiger partial charge in [0, 0.05) is 7.05 Å². The normalized spacial score (nSPS) is 17.8. The molecule has 0 saturated heterocycles. The Morgan fingerprint density at radius 3 is 2.88 bits per heavy atom. The fraction of sp³-hybridized carbons (Fsp3) is 0.600. The smallest absolute Gasteiger partial charge is 0.214 e. The van der Waals surface area contributed by atoms with E-state index in [1.165, 1.54) is 0 Å². The highest BCUT2D eigenvalue weighted by molar-refractivity contribution is 4.88. The van der Waals surface area contributed by atoms with Crippen molar-refractivity contribution in [2.75, 3.05) is 20.8 Å². The minimum absolute atomic E-state index is 0.715. The van der Waals surface area contributed by atoms with Crippen LogP contribution in [0.25, 0.3) is 0 Å². The van der Waals surface area contributed by atoms with Gasteiger partial charge in [0.05, 0.1) is 13.8 Å². The van der Waals surface area contributed by atoms with E-state index in [0.29, 0.717) is 5.88 Å². The molecule has 1 rings (SSSR count). The van der Waals surface area contributed by atoms with Gasteiger partial charge in [-0.2, -0.15) is 0 Å². The maximum atomic E-state index is 4.83. The summed E-state index contributed by atoms with van der Waals surface area (Å²) in [5.41, 5.74) is 0. The Kier molecular flexibility index (Phi) is 1.28. The number of nitrogens with one attached hydrogen (secondary N) is 1. The SMILES string of the molecule is COC1=[C]N(C)CN1. The number of ether oxygens (including phenoxy) is 1. The number of rotatable bonds is 1. The number of methoxy groups -OCH3 is 1. The minimum atomic E-state index is 0.715. The molecule has 1 aliphatic heterocycles. The van der Waals surface area contributed by atoms with Gasteiger partial charge in [0.25, 0.3) is 0 Å². The van der Waals surface area contributed by atoms with Gasteiger partial charge in [0.1, 0.15) is 6.20 Å². The van der Waals surface area contributed by atoms with Crippen molar-refractivity contribution in [3.05, 3.63) is 12.1 Å². The molecular weight excluding hydrogens is 104 g/mol. The fourth-order valence-electron chi connectivity index (χ4n) is 0.561. The van der Waals surface area contributed by atoms with Crippen molar-refractivity contribution in [3.63, 3.8) is 0 Å². The van der Waals surface area contributed by atoms with Crippen molar-refractivity contribution in [1.29, 1.82) is 0 Å². The molecule has 0 amide bonds. The van der Waals surface area contributed by atoms with Gasteiger partial charge < -0.3 is 15.0 Å². The number of nitrogens with zero attached hydrogens (tertiary/aromatic N) is 1. The molecule has 1 N–H and O–H groups in total. The second-order valence-corrected chi connectivity index (χ2v) is 1.68.